The van der Waals surface area contributed by atoms with Crippen molar-refractivity contribution in [1.29, 1.82) is 0 Å². The van der Waals surface area contributed by atoms with Crippen LogP contribution >= 0.6 is 0 Å². The zero-order valence-electron chi connectivity index (χ0n) is 10.6. The summed E-state index contributed by atoms with van der Waals surface area (Å²) in [5.74, 6) is 2.70. The van der Waals surface area contributed by atoms with E-state index in [1.54, 1.807) is 0 Å². The van der Waals surface area contributed by atoms with Gasteiger partial charge in [0.1, 0.15) is 6.10 Å². The Morgan fingerprint density at radius 2 is 1.63 bits per heavy atom. The Balaban J connectivity index is 1.95. The number of hydrogen-bond donors (Lipinski definition) is 0. The molecule has 0 N–H and O–H groups in total. The maximum Gasteiger partial charge on any atom is 0.148 e. The van der Waals surface area contributed by atoms with Crippen LogP contribution in [0.5, 0.6) is 0 Å². The number of nitrogens with zero attached hydrogens (tertiary/aromatic N) is 1. The predicted molar refractivity (Wildman–Crippen MR) is 76.4 cm³/mol. The third-order valence-electron chi connectivity index (χ3n) is 3.34. The van der Waals surface area contributed by atoms with Gasteiger partial charge in [-0.05, 0) is 17.7 Å². The van der Waals surface area contributed by atoms with Gasteiger partial charge in [-0.1, -0.05) is 54.5 Å². The highest BCUT2D eigenvalue weighted by molar-refractivity contribution is 5.47. The third-order valence-corrected chi connectivity index (χ3v) is 3.34. The second kappa shape index (κ2) is 5.17. The molecule has 0 radical (unpaired) electrons. The van der Waals surface area contributed by atoms with Crippen molar-refractivity contribution in [2.75, 3.05) is 5.06 Å². The Morgan fingerprint density at radius 3 is 2.26 bits per heavy atom. The average Bonchev–Trinajstić information content (AvgIpc) is 2.93. The maximum absolute atomic E-state index is 5.86. The minimum Gasteiger partial charge on any atom is -0.256 e. The molecule has 94 valence electrons. The zero-order chi connectivity index (χ0) is 13.1. The minimum atomic E-state index is -0.162. The van der Waals surface area contributed by atoms with Gasteiger partial charge in [0.25, 0.3) is 0 Å². The second-order valence-corrected chi connectivity index (χ2v) is 4.58. The van der Waals surface area contributed by atoms with E-state index < -0.39 is 0 Å². The van der Waals surface area contributed by atoms with Crippen LogP contribution in [0.2, 0.25) is 0 Å². The molecule has 1 saturated heterocycles. The first kappa shape index (κ1) is 11.8. The van der Waals surface area contributed by atoms with Crippen LogP contribution in [-0.4, -0.2) is 6.10 Å². The standard InChI is InChI=1S/C17H15NO/c1-2-16-13-17(14-9-5-3-6-10-14)18(19-16)15-11-7-4-8-12-15/h1,3-12,16-17H,13H2. The summed E-state index contributed by atoms with van der Waals surface area (Å²) >= 11 is 0. The van der Waals surface area contributed by atoms with Crippen LogP contribution in [0.4, 0.5) is 5.69 Å². The molecule has 3 rings (SSSR count). The fourth-order valence-electron chi connectivity index (χ4n) is 2.41. The molecule has 2 nitrogen and oxygen atoms in total. The lowest BCUT2D eigenvalue weighted by Gasteiger charge is -2.24. The van der Waals surface area contributed by atoms with Crippen molar-refractivity contribution in [2.24, 2.45) is 0 Å². The summed E-state index contributed by atoms with van der Waals surface area (Å²) in [7, 11) is 0. The van der Waals surface area contributed by atoms with E-state index in [1.165, 1.54) is 5.56 Å². The number of para-hydroxylation sites is 1. The first-order valence-corrected chi connectivity index (χ1v) is 6.40. The smallest absolute Gasteiger partial charge is 0.148 e. The summed E-state index contributed by atoms with van der Waals surface area (Å²) < 4.78 is 0. The molecule has 1 heterocycles. The summed E-state index contributed by atoms with van der Waals surface area (Å²) in [5.41, 5.74) is 2.26. The molecule has 1 fully saturated rings. The van der Waals surface area contributed by atoms with Gasteiger partial charge in [0, 0.05) is 6.42 Å². The molecule has 1 aliphatic rings. The lowest BCUT2D eigenvalue weighted by atomic mass is 10.0. The zero-order valence-corrected chi connectivity index (χ0v) is 10.6. The minimum absolute atomic E-state index is 0.162. The molecular formula is C17H15NO. The van der Waals surface area contributed by atoms with Crippen LogP contribution < -0.4 is 5.06 Å². The van der Waals surface area contributed by atoms with E-state index in [0.717, 1.165) is 12.1 Å². The van der Waals surface area contributed by atoms with Crippen molar-refractivity contribution >= 4 is 5.69 Å². The Bertz CT molecular complexity index is 526. The van der Waals surface area contributed by atoms with Crippen molar-refractivity contribution in [3.63, 3.8) is 0 Å². The summed E-state index contributed by atoms with van der Waals surface area (Å²) in [6.07, 6.45) is 6.17. The summed E-state index contributed by atoms with van der Waals surface area (Å²) in [6.45, 7) is 0. The highest BCUT2D eigenvalue weighted by atomic mass is 16.7. The summed E-state index contributed by atoms with van der Waals surface area (Å²) in [5, 5.41) is 1.93. The number of terminal acetylenes is 1. The average molecular weight is 249 g/mol. The first-order chi connectivity index (χ1) is 9.38. The second-order valence-electron chi connectivity index (χ2n) is 4.58. The molecule has 0 spiro atoms. The van der Waals surface area contributed by atoms with Crippen LogP contribution in [0, 0.1) is 12.3 Å². The molecule has 19 heavy (non-hydrogen) atoms. The van der Waals surface area contributed by atoms with Gasteiger partial charge in [0.05, 0.1) is 11.7 Å². The van der Waals surface area contributed by atoms with Crippen LogP contribution in [-0.2, 0) is 4.84 Å². The highest BCUT2D eigenvalue weighted by Gasteiger charge is 2.33. The summed E-state index contributed by atoms with van der Waals surface area (Å²) in [6, 6.07) is 20.6. The van der Waals surface area contributed by atoms with E-state index in [0.29, 0.717) is 0 Å². The van der Waals surface area contributed by atoms with Crippen LogP contribution in [0.25, 0.3) is 0 Å². The number of rotatable bonds is 2. The van der Waals surface area contributed by atoms with Gasteiger partial charge in [-0.25, -0.2) is 5.06 Å². The van der Waals surface area contributed by atoms with Crippen LogP contribution in [0.1, 0.15) is 18.0 Å². The van der Waals surface area contributed by atoms with E-state index in [9.17, 15) is 0 Å². The Kier molecular flexibility index (Phi) is 3.22. The van der Waals surface area contributed by atoms with Gasteiger partial charge in [-0.15, -0.1) is 6.42 Å². The maximum atomic E-state index is 5.86. The molecule has 2 aromatic rings. The topological polar surface area (TPSA) is 12.5 Å². The van der Waals surface area contributed by atoms with E-state index in [-0.39, 0.29) is 12.1 Å². The van der Waals surface area contributed by atoms with Crippen molar-refractivity contribution in [3.05, 3.63) is 66.2 Å². The van der Waals surface area contributed by atoms with Crippen molar-refractivity contribution in [1.82, 2.24) is 0 Å². The van der Waals surface area contributed by atoms with Crippen molar-refractivity contribution in [2.45, 2.75) is 18.6 Å². The quantitative estimate of drug-likeness (QED) is 0.754. The van der Waals surface area contributed by atoms with Gasteiger partial charge in [0.15, 0.2) is 0 Å². The van der Waals surface area contributed by atoms with Gasteiger partial charge >= 0.3 is 0 Å². The third kappa shape index (κ3) is 2.33. The lowest BCUT2D eigenvalue weighted by molar-refractivity contribution is 0.119. The summed E-state index contributed by atoms with van der Waals surface area (Å²) in [4.78, 5) is 5.86. The Labute approximate surface area is 113 Å². The number of benzene rings is 2. The van der Waals surface area contributed by atoms with E-state index in [2.05, 4.69) is 18.1 Å². The fraction of sp³-hybridized carbons (Fsp3) is 0.176. The van der Waals surface area contributed by atoms with Crippen LogP contribution in [0.15, 0.2) is 60.7 Å². The van der Waals surface area contributed by atoms with Crippen molar-refractivity contribution in [3.8, 4) is 12.3 Å². The van der Waals surface area contributed by atoms with E-state index >= 15 is 0 Å². The molecule has 0 aliphatic carbocycles. The number of hydroxylamine groups is 1. The van der Waals surface area contributed by atoms with Gasteiger partial charge in [-0.3, -0.25) is 4.84 Å². The van der Waals surface area contributed by atoms with Crippen molar-refractivity contribution < 1.29 is 4.84 Å². The molecule has 0 saturated carbocycles. The number of anilines is 1. The van der Waals surface area contributed by atoms with Gasteiger partial charge in [0.2, 0.25) is 0 Å². The lowest BCUT2D eigenvalue weighted by Crippen LogP contribution is -2.21. The molecule has 0 amide bonds. The molecule has 0 bridgehead atoms. The predicted octanol–water partition coefficient (Wildman–Crippen LogP) is 3.57. The highest BCUT2D eigenvalue weighted by Crippen LogP contribution is 2.37. The molecule has 1 aliphatic heterocycles. The fourth-order valence-corrected chi connectivity index (χ4v) is 2.41. The van der Waals surface area contributed by atoms with Gasteiger partial charge in [-0.2, -0.15) is 0 Å². The monoisotopic (exact) mass is 249 g/mol. The SMILES string of the molecule is C#CC1CC(c2ccccc2)N(c2ccccc2)O1. The largest absolute Gasteiger partial charge is 0.256 e. The Morgan fingerprint density at radius 1 is 1.00 bits per heavy atom. The first-order valence-electron chi connectivity index (χ1n) is 6.40. The molecule has 2 unspecified atom stereocenters. The van der Waals surface area contributed by atoms with Gasteiger partial charge < -0.3 is 0 Å². The molecule has 2 atom stereocenters. The van der Waals surface area contributed by atoms with Crippen LogP contribution in [0.3, 0.4) is 0 Å². The molecule has 2 heteroatoms. The normalized spacial score (nSPS) is 22.2. The molecular weight excluding hydrogens is 234 g/mol. The molecule has 2 aromatic carbocycles. The molecule has 0 aromatic heterocycles. The van der Waals surface area contributed by atoms with E-state index in [4.69, 9.17) is 11.3 Å². The Hall–Kier alpha value is -2.24. The number of hydrogen-bond acceptors (Lipinski definition) is 2. The van der Waals surface area contributed by atoms with E-state index in [1.807, 2.05) is 53.6 Å².